The largest absolute Gasteiger partial charge is 0.497 e. The number of hydrogen-bond acceptors (Lipinski definition) is 4. The summed E-state index contributed by atoms with van der Waals surface area (Å²) in [6.45, 7) is 2.82. The van der Waals surface area contributed by atoms with E-state index in [0.717, 1.165) is 54.7 Å². The summed E-state index contributed by atoms with van der Waals surface area (Å²) >= 11 is 0. The highest BCUT2D eigenvalue weighted by atomic mass is 16.5. The van der Waals surface area contributed by atoms with Gasteiger partial charge < -0.3 is 15.4 Å². The zero-order chi connectivity index (χ0) is 20.1. The molecule has 2 N–H and O–H groups in total. The van der Waals surface area contributed by atoms with Gasteiger partial charge in [-0.1, -0.05) is 24.3 Å². The van der Waals surface area contributed by atoms with Crippen LogP contribution in [0.2, 0.25) is 0 Å². The molecule has 2 aromatic carbocycles. The predicted molar refractivity (Wildman–Crippen MR) is 115 cm³/mol. The lowest BCUT2D eigenvalue weighted by Gasteiger charge is -2.32. The third kappa shape index (κ3) is 4.84. The van der Waals surface area contributed by atoms with Crippen molar-refractivity contribution in [2.24, 2.45) is 0 Å². The number of carbonyl (C=O) groups is 1. The van der Waals surface area contributed by atoms with Gasteiger partial charge in [0.2, 0.25) is 0 Å². The summed E-state index contributed by atoms with van der Waals surface area (Å²) < 4.78 is 5.30. The van der Waals surface area contributed by atoms with Crippen molar-refractivity contribution in [3.8, 4) is 5.75 Å². The quantitative estimate of drug-likeness (QED) is 0.690. The summed E-state index contributed by atoms with van der Waals surface area (Å²) in [4.78, 5) is 19.1. The standard InChI is InChI=1S/C23H26N4O2/c1-29-20-6-2-4-17(14-20)16-27-12-9-19(10-13-27)25-23(28)26-22-7-3-5-18-15-24-11-8-21(18)22/h2-8,11,14-15,19H,9-10,12-13,16H2,1H3,(H2,25,26,28). The summed E-state index contributed by atoms with van der Waals surface area (Å²) in [5, 5.41) is 8.11. The second-order valence-electron chi connectivity index (χ2n) is 7.40. The molecule has 0 saturated carbocycles. The lowest BCUT2D eigenvalue weighted by Crippen LogP contribution is -2.45. The molecule has 4 rings (SSSR count). The van der Waals surface area contributed by atoms with E-state index in [-0.39, 0.29) is 12.1 Å². The first-order valence-electron chi connectivity index (χ1n) is 9.97. The van der Waals surface area contributed by atoms with Crippen molar-refractivity contribution < 1.29 is 9.53 Å². The van der Waals surface area contributed by atoms with Crippen LogP contribution >= 0.6 is 0 Å². The Morgan fingerprint density at radius 2 is 2.00 bits per heavy atom. The monoisotopic (exact) mass is 390 g/mol. The number of urea groups is 1. The Hall–Kier alpha value is -3.12. The normalized spacial score (nSPS) is 15.2. The van der Waals surface area contributed by atoms with Crippen molar-refractivity contribution in [2.75, 3.05) is 25.5 Å². The van der Waals surface area contributed by atoms with Crippen LogP contribution in [0.25, 0.3) is 10.8 Å². The van der Waals surface area contributed by atoms with Gasteiger partial charge in [0.05, 0.1) is 12.8 Å². The number of benzene rings is 2. The van der Waals surface area contributed by atoms with E-state index in [1.54, 1.807) is 19.5 Å². The number of methoxy groups -OCH3 is 1. The molecular weight excluding hydrogens is 364 g/mol. The number of nitrogens with zero attached hydrogens (tertiary/aromatic N) is 2. The SMILES string of the molecule is COc1cccc(CN2CCC(NC(=O)Nc3cccc4cnccc34)CC2)c1. The number of anilines is 1. The molecule has 6 nitrogen and oxygen atoms in total. The summed E-state index contributed by atoms with van der Waals surface area (Å²) in [6, 6.07) is 16.0. The highest BCUT2D eigenvalue weighted by Crippen LogP contribution is 2.22. The molecule has 6 heteroatoms. The van der Waals surface area contributed by atoms with Crippen molar-refractivity contribution in [2.45, 2.75) is 25.4 Å². The average Bonchev–Trinajstić information content (AvgIpc) is 2.75. The van der Waals surface area contributed by atoms with Gasteiger partial charge in [-0.15, -0.1) is 0 Å². The Morgan fingerprint density at radius 1 is 1.17 bits per heavy atom. The number of likely N-dealkylation sites (tertiary alicyclic amines) is 1. The minimum atomic E-state index is -0.152. The van der Waals surface area contributed by atoms with E-state index in [1.165, 1.54) is 5.56 Å². The second kappa shape index (κ2) is 8.92. The molecule has 2 heterocycles. The first-order valence-corrected chi connectivity index (χ1v) is 9.97. The van der Waals surface area contributed by atoms with E-state index < -0.39 is 0 Å². The topological polar surface area (TPSA) is 66.5 Å². The van der Waals surface area contributed by atoms with Crippen molar-refractivity contribution in [1.82, 2.24) is 15.2 Å². The highest BCUT2D eigenvalue weighted by molar-refractivity contribution is 6.01. The number of carbonyl (C=O) groups excluding carboxylic acids is 1. The summed E-state index contributed by atoms with van der Waals surface area (Å²) in [5.74, 6) is 0.889. The number of fused-ring (bicyclic) bond motifs is 1. The van der Waals surface area contributed by atoms with Crippen LogP contribution in [0, 0.1) is 0 Å². The number of rotatable bonds is 5. The molecule has 0 atom stereocenters. The summed E-state index contributed by atoms with van der Waals surface area (Å²) in [6.07, 6.45) is 5.42. The molecule has 1 saturated heterocycles. The average molecular weight is 390 g/mol. The number of nitrogens with one attached hydrogen (secondary N) is 2. The molecule has 0 spiro atoms. The molecule has 1 fully saturated rings. The number of aromatic nitrogens is 1. The van der Waals surface area contributed by atoms with Crippen LogP contribution in [0.5, 0.6) is 5.75 Å². The lowest BCUT2D eigenvalue weighted by molar-refractivity contribution is 0.189. The van der Waals surface area contributed by atoms with Gasteiger partial charge in [0, 0.05) is 48.8 Å². The van der Waals surface area contributed by atoms with Gasteiger partial charge in [0.15, 0.2) is 0 Å². The minimum absolute atomic E-state index is 0.152. The van der Waals surface area contributed by atoms with E-state index in [4.69, 9.17) is 4.74 Å². The molecule has 150 valence electrons. The number of piperidine rings is 1. The third-order valence-corrected chi connectivity index (χ3v) is 5.39. The van der Waals surface area contributed by atoms with Crippen molar-refractivity contribution in [1.29, 1.82) is 0 Å². The predicted octanol–water partition coefficient (Wildman–Crippen LogP) is 4.03. The van der Waals surface area contributed by atoms with Gasteiger partial charge in [-0.25, -0.2) is 4.79 Å². The number of pyridine rings is 1. The van der Waals surface area contributed by atoms with Gasteiger partial charge in [-0.05, 0) is 42.7 Å². The fraction of sp³-hybridized carbons (Fsp3) is 0.304. The number of amides is 2. The van der Waals surface area contributed by atoms with E-state index in [9.17, 15) is 4.79 Å². The van der Waals surface area contributed by atoms with Gasteiger partial charge in [-0.2, -0.15) is 0 Å². The van der Waals surface area contributed by atoms with Gasteiger partial charge in [0.1, 0.15) is 5.75 Å². The molecule has 0 unspecified atom stereocenters. The second-order valence-corrected chi connectivity index (χ2v) is 7.40. The van der Waals surface area contributed by atoms with Gasteiger partial charge >= 0.3 is 6.03 Å². The Kier molecular flexibility index (Phi) is 5.91. The summed E-state index contributed by atoms with van der Waals surface area (Å²) in [5.41, 5.74) is 2.05. The molecule has 0 aliphatic carbocycles. The number of ether oxygens (including phenoxy) is 1. The minimum Gasteiger partial charge on any atom is -0.497 e. The van der Waals surface area contributed by atoms with Crippen molar-refractivity contribution in [3.63, 3.8) is 0 Å². The fourth-order valence-electron chi connectivity index (χ4n) is 3.84. The fourth-order valence-corrected chi connectivity index (χ4v) is 3.84. The Bertz CT molecular complexity index is 978. The van der Waals surface area contributed by atoms with Gasteiger partial charge in [-0.3, -0.25) is 9.88 Å². The Labute approximate surface area is 170 Å². The van der Waals surface area contributed by atoms with Crippen molar-refractivity contribution >= 4 is 22.5 Å². The van der Waals surface area contributed by atoms with E-state index in [2.05, 4.69) is 32.7 Å². The van der Waals surface area contributed by atoms with Crippen LogP contribution in [-0.2, 0) is 6.54 Å². The third-order valence-electron chi connectivity index (χ3n) is 5.39. The van der Waals surface area contributed by atoms with Crippen LogP contribution in [0.1, 0.15) is 18.4 Å². The zero-order valence-electron chi connectivity index (χ0n) is 16.6. The van der Waals surface area contributed by atoms with Crippen LogP contribution in [0.3, 0.4) is 0 Å². The molecule has 3 aromatic rings. The molecule has 1 aliphatic heterocycles. The molecule has 2 amide bonds. The number of hydrogen-bond donors (Lipinski definition) is 2. The smallest absolute Gasteiger partial charge is 0.319 e. The van der Waals surface area contributed by atoms with E-state index in [1.807, 2.05) is 36.4 Å². The van der Waals surface area contributed by atoms with Gasteiger partial charge in [0.25, 0.3) is 0 Å². The van der Waals surface area contributed by atoms with E-state index in [0.29, 0.717) is 0 Å². The molecule has 29 heavy (non-hydrogen) atoms. The van der Waals surface area contributed by atoms with Crippen molar-refractivity contribution in [3.05, 3.63) is 66.5 Å². The van der Waals surface area contributed by atoms with Crippen LogP contribution < -0.4 is 15.4 Å². The molecule has 1 aromatic heterocycles. The van der Waals surface area contributed by atoms with Crippen LogP contribution in [-0.4, -0.2) is 42.2 Å². The lowest BCUT2D eigenvalue weighted by atomic mass is 10.0. The summed E-state index contributed by atoms with van der Waals surface area (Å²) in [7, 11) is 1.69. The maximum Gasteiger partial charge on any atom is 0.319 e. The molecule has 0 radical (unpaired) electrons. The zero-order valence-corrected chi connectivity index (χ0v) is 16.6. The first kappa shape index (κ1) is 19.2. The molecule has 0 bridgehead atoms. The first-order chi connectivity index (χ1) is 14.2. The molecule has 1 aliphatic rings. The van der Waals surface area contributed by atoms with Crippen LogP contribution in [0.15, 0.2) is 60.9 Å². The molecular formula is C23H26N4O2. The maximum absolute atomic E-state index is 12.5. The highest BCUT2D eigenvalue weighted by Gasteiger charge is 2.21. The van der Waals surface area contributed by atoms with Crippen LogP contribution in [0.4, 0.5) is 10.5 Å². The van der Waals surface area contributed by atoms with E-state index >= 15 is 0 Å². The Balaban J connectivity index is 1.28. The maximum atomic E-state index is 12.5. The Morgan fingerprint density at radius 3 is 2.83 bits per heavy atom.